The van der Waals surface area contributed by atoms with E-state index in [0.717, 1.165) is 0 Å². The van der Waals surface area contributed by atoms with Gasteiger partial charge in [0.15, 0.2) is 0 Å². The molecule has 0 radical (unpaired) electrons. The van der Waals surface area contributed by atoms with E-state index in [0.29, 0.717) is 11.4 Å². The molecule has 7 heteroatoms. The minimum atomic E-state index is -0.420. The van der Waals surface area contributed by atoms with Crippen molar-refractivity contribution in [3.8, 4) is 5.75 Å². The monoisotopic (exact) mass is 308 g/mol. The Morgan fingerprint density at radius 3 is 2.52 bits per heavy atom. The van der Waals surface area contributed by atoms with E-state index in [4.69, 9.17) is 26.5 Å². The van der Waals surface area contributed by atoms with E-state index in [2.05, 4.69) is 5.32 Å². The van der Waals surface area contributed by atoms with Crippen molar-refractivity contribution in [1.29, 1.82) is 0 Å². The van der Waals surface area contributed by atoms with Crippen LogP contribution in [0.25, 0.3) is 0 Å². The fourth-order valence-electron chi connectivity index (χ4n) is 1.56. The minimum Gasteiger partial charge on any atom is -0.493 e. The molecule has 6 nitrogen and oxygen atoms in total. The molecule has 110 valence electrons. The second-order valence-corrected chi connectivity index (χ2v) is 4.49. The minimum absolute atomic E-state index is 0.0407. The lowest BCUT2D eigenvalue weighted by atomic mass is 10.2. The zero-order chi connectivity index (χ0) is 15.2. The van der Waals surface area contributed by atoms with Gasteiger partial charge in [-0.3, -0.25) is 9.59 Å². The summed E-state index contributed by atoms with van der Waals surface area (Å²) in [6.07, 6.45) is 1.49. The van der Waals surface area contributed by atoms with Crippen LogP contribution in [0.4, 0.5) is 5.69 Å². The predicted octanol–water partition coefficient (Wildman–Crippen LogP) is 2.44. The number of anilines is 1. The lowest BCUT2D eigenvalue weighted by Crippen LogP contribution is -2.14. The van der Waals surface area contributed by atoms with Crippen LogP contribution in [0.1, 0.15) is 16.8 Å². The van der Waals surface area contributed by atoms with Gasteiger partial charge in [-0.25, -0.2) is 0 Å². The molecular formula is C14H13ClN2O4. The molecule has 0 saturated heterocycles. The molecule has 0 bridgehead atoms. The van der Waals surface area contributed by atoms with Gasteiger partial charge in [0.1, 0.15) is 5.75 Å². The summed E-state index contributed by atoms with van der Waals surface area (Å²) in [4.78, 5) is 22.5. The largest absolute Gasteiger partial charge is 0.493 e. The highest BCUT2D eigenvalue weighted by Crippen LogP contribution is 2.20. The maximum atomic E-state index is 11.9. The molecule has 0 atom stereocenters. The van der Waals surface area contributed by atoms with Crippen LogP contribution in [0.15, 0.2) is 41.0 Å². The second kappa shape index (κ2) is 6.81. The Balaban J connectivity index is 1.92. The van der Waals surface area contributed by atoms with E-state index in [1.54, 1.807) is 24.3 Å². The molecule has 1 aromatic carbocycles. The van der Waals surface area contributed by atoms with Crippen molar-refractivity contribution >= 4 is 29.1 Å². The molecule has 2 amide bonds. The standard InChI is InChI=1S/C14H13ClN2O4/c15-13-11(5-7-21-13)14(19)17-9-1-3-10(4-2-9)20-8-6-12(16)18/h1-5,7H,6,8H2,(H2,16,18)(H,17,19). The number of halogens is 1. The summed E-state index contributed by atoms with van der Waals surface area (Å²) in [5.74, 6) is -0.206. The average molecular weight is 309 g/mol. The van der Waals surface area contributed by atoms with Crippen molar-refractivity contribution in [3.63, 3.8) is 0 Å². The summed E-state index contributed by atoms with van der Waals surface area (Å²) in [6, 6.07) is 8.18. The fourth-order valence-corrected chi connectivity index (χ4v) is 1.76. The molecule has 3 N–H and O–H groups in total. The van der Waals surface area contributed by atoms with Crippen LogP contribution >= 0.6 is 11.6 Å². The number of nitrogens with one attached hydrogen (secondary N) is 1. The highest BCUT2D eigenvalue weighted by Gasteiger charge is 2.12. The van der Waals surface area contributed by atoms with Crippen LogP contribution < -0.4 is 15.8 Å². The first kappa shape index (κ1) is 14.9. The third kappa shape index (κ3) is 4.25. The van der Waals surface area contributed by atoms with Gasteiger partial charge in [0, 0.05) is 5.69 Å². The highest BCUT2D eigenvalue weighted by atomic mass is 35.5. The number of carbonyl (C=O) groups excluding carboxylic acids is 2. The molecular weight excluding hydrogens is 296 g/mol. The molecule has 0 fully saturated rings. The normalized spacial score (nSPS) is 10.1. The van der Waals surface area contributed by atoms with Gasteiger partial charge in [0.2, 0.25) is 11.1 Å². The van der Waals surface area contributed by atoms with Gasteiger partial charge in [-0.15, -0.1) is 0 Å². The first-order chi connectivity index (χ1) is 10.1. The van der Waals surface area contributed by atoms with Gasteiger partial charge in [-0.1, -0.05) is 0 Å². The van der Waals surface area contributed by atoms with E-state index < -0.39 is 5.91 Å². The molecule has 1 heterocycles. The van der Waals surface area contributed by atoms with Crippen LogP contribution in [0, 0.1) is 0 Å². The highest BCUT2D eigenvalue weighted by molar-refractivity contribution is 6.32. The number of rotatable bonds is 6. The summed E-state index contributed by atoms with van der Waals surface area (Å²) in [7, 11) is 0. The molecule has 0 unspecified atom stereocenters. The van der Waals surface area contributed by atoms with Gasteiger partial charge < -0.3 is 20.2 Å². The second-order valence-electron chi connectivity index (χ2n) is 4.15. The van der Waals surface area contributed by atoms with Crippen molar-refractivity contribution in [2.24, 2.45) is 5.73 Å². The number of hydrogen-bond donors (Lipinski definition) is 2. The molecule has 0 spiro atoms. The predicted molar refractivity (Wildman–Crippen MR) is 77.4 cm³/mol. The molecule has 0 saturated carbocycles. The topological polar surface area (TPSA) is 94.6 Å². The summed E-state index contributed by atoms with van der Waals surface area (Å²) in [6.45, 7) is 0.214. The molecule has 0 aliphatic carbocycles. The van der Waals surface area contributed by atoms with Gasteiger partial charge in [0.05, 0.1) is 24.9 Å². The summed E-state index contributed by atoms with van der Waals surface area (Å²) >= 11 is 5.72. The maximum Gasteiger partial charge on any atom is 0.260 e. The van der Waals surface area contributed by atoms with Crippen molar-refractivity contribution in [1.82, 2.24) is 0 Å². The first-order valence-electron chi connectivity index (χ1n) is 6.12. The fraction of sp³-hybridized carbons (Fsp3) is 0.143. The molecule has 0 aliphatic heterocycles. The van der Waals surface area contributed by atoms with Gasteiger partial charge >= 0.3 is 0 Å². The van der Waals surface area contributed by atoms with Crippen molar-refractivity contribution in [3.05, 3.63) is 47.4 Å². The van der Waals surface area contributed by atoms with Crippen molar-refractivity contribution in [2.45, 2.75) is 6.42 Å². The third-order valence-electron chi connectivity index (χ3n) is 2.59. The quantitative estimate of drug-likeness (QED) is 0.857. The van der Waals surface area contributed by atoms with Crippen LogP contribution in [0.2, 0.25) is 5.22 Å². The van der Waals surface area contributed by atoms with Gasteiger partial charge in [-0.2, -0.15) is 0 Å². The number of ether oxygens (including phenoxy) is 1. The van der Waals surface area contributed by atoms with Crippen LogP contribution in [-0.2, 0) is 4.79 Å². The van der Waals surface area contributed by atoms with Gasteiger partial charge in [-0.05, 0) is 41.9 Å². The first-order valence-corrected chi connectivity index (χ1v) is 6.49. The van der Waals surface area contributed by atoms with Crippen molar-refractivity contribution in [2.75, 3.05) is 11.9 Å². The number of furan rings is 1. The number of carbonyl (C=O) groups is 2. The van der Waals surface area contributed by atoms with E-state index in [1.807, 2.05) is 0 Å². The number of amides is 2. The summed E-state index contributed by atoms with van der Waals surface area (Å²) < 4.78 is 10.2. The van der Waals surface area contributed by atoms with Crippen LogP contribution in [0.5, 0.6) is 5.75 Å². The lowest BCUT2D eigenvalue weighted by molar-refractivity contribution is -0.118. The lowest BCUT2D eigenvalue weighted by Gasteiger charge is -2.07. The average Bonchev–Trinajstić information content (AvgIpc) is 2.87. The van der Waals surface area contributed by atoms with Crippen LogP contribution in [-0.4, -0.2) is 18.4 Å². The number of nitrogens with two attached hydrogens (primary N) is 1. The number of hydrogen-bond acceptors (Lipinski definition) is 4. The summed E-state index contributed by atoms with van der Waals surface area (Å²) in [5.41, 5.74) is 5.85. The van der Waals surface area contributed by atoms with E-state index in [-0.39, 0.29) is 29.7 Å². The Kier molecular flexibility index (Phi) is 4.84. The van der Waals surface area contributed by atoms with E-state index >= 15 is 0 Å². The van der Waals surface area contributed by atoms with E-state index in [9.17, 15) is 9.59 Å². The molecule has 2 rings (SSSR count). The molecule has 21 heavy (non-hydrogen) atoms. The zero-order valence-electron chi connectivity index (χ0n) is 11.0. The zero-order valence-corrected chi connectivity index (χ0v) is 11.7. The Bertz CT molecular complexity index is 637. The Morgan fingerprint density at radius 1 is 1.24 bits per heavy atom. The van der Waals surface area contributed by atoms with Crippen LogP contribution in [0.3, 0.4) is 0 Å². The van der Waals surface area contributed by atoms with Gasteiger partial charge in [0.25, 0.3) is 5.91 Å². The Labute approximate surface area is 125 Å². The van der Waals surface area contributed by atoms with Crippen molar-refractivity contribution < 1.29 is 18.7 Å². The molecule has 2 aromatic rings. The maximum absolute atomic E-state index is 11.9. The summed E-state index contributed by atoms with van der Waals surface area (Å²) in [5, 5.41) is 2.71. The Morgan fingerprint density at radius 2 is 1.95 bits per heavy atom. The smallest absolute Gasteiger partial charge is 0.260 e. The third-order valence-corrected chi connectivity index (χ3v) is 2.88. The SMILES string of the molecule is NC(=O)CCOc1ccc(NC(=O)c2ccoc2Cl)cc1. The number of benzene rings is 1. The Hall–Kier alpha value is -2.47. The van der Waals surface area contributed by atoms with E-state index in [1.165, 1.54) is 12.3 Å². The molecule has 0 aliphatic rings. The number of primary amides is 1. The molecule has 1 aromatic heterocycles.